The van der Waals surface area contributed by atoms with Crippen LogP contribution in [0.1, 0.15) is 46.6 Å². The van der Waals surface area contributed by atoms with Crippen molar-refractivity contribution in [2.45, 2.75) is 25.7 Å². The van der Waals surface area contributed by atoms with Gasteiger partial charge in [0.05, 0.1) is 6.26 Å². The van der Waals surface area contributed by atoms with Gasteiger partial charge in [0.2, 0.25) is 5.91 Å². The first-order valence-electron chi connectivity index (χ1n) is 10.6. The second kappa shape index (κ2) is 9.68. The summed E-state index contributed by atoms with van der Waals surface area (Å²) in [5.41, 5.74) is 0.626. The van der Waals surface area contributed by atoms with E-state index in [0.717, 1.165) is 0 Å². The highest BCUT2D eigenvalue weighted by Crippen LogP contribution is 2.32. The summed E-state index contributed by atoms with van der Waals surface area (Å²) in [7, 11) is 0. The molecule has 8 nitrogen and oxygen atoms in total. The molecule has 4 rings (SSSR count). The predicted octanol–water partition coefficient (Wildman–Crippen LogP) is 2.68. The van der Waals surface area contributed by atoms with Crippen molar-refractivity contribution in [2.75, 3.05) is 32.8 Å². The molecular formula is C23H26N2O6. The molecule has 0 saturated carbocycles. The van der Waals surface area contributed by atoms with Crippen LogP contribution in [0.3, 0.4) is 0 Å². The first-order valence-corrected chi connectivity index (χ1v) is 10.6. The van der Waals surface area contributed by atoms with Crippen molar-refractivity contribution < 1.29 is 28.3 Å². The number of furan rings is 1. The summed E-state index contributed by atoms with van der Waals surface area (Å²) in [5.74, 6) is 1.31. The Bertz CT molecular complexity index is 932. The molecule has 3 heterocycles. The van der Waals surface area contributed by atoms with E-state index in [-0.39, 0.29) is 29.3 Å². The Kier molecular flexibility index (Phi) is 6.54. The molecular weight excluding hydrogens is 400 g/mol. The average molecular weight is 426 g/mol. The minimum absolute atomic E-state index is 0.0532. The lowest BCUT2D eigenvalue weighted by Crippen LogP contribution is -2.40. The fraction of sp³-hybridized carbons (Fsp3) is 0.435. The molecule has 2 aromatic rings. The van der Waals surface area contributed by atoms with Crippen LogP contribution in [0.5, 0.6) is 11.5 Å². The van der Waals surface area contributed by atoms with Crippen LogP contribution in [0, 0.1) is 5.92 Å². The zero-order valence-electron chi connectivity index (χ0n) is 17.3. The highest BCUT2D eigenvalue weighted by Gasteiger charge is 2.28. The number of ketones is 1. The van der Waals surface area contributed by atoms with E-state index >= 15 is 0 Å². The Morgan fingerprint density at radius 1 is 1.03 bits per heavy atom. The Balaban J connectivity index is 1.20. The van der Waals surface area contributed by atoms with Gasteiger partial charge in [-0.2, -0.15) is 0 Å². The molecule has 2 aliphatic rings. The molecule has 0 radical (unpaired) electrons. The maximum absolute atomic E-state index is 12.9. The van der Waals surface area contributed by atoms with Gasteiger partial charge in [-0.05, 0) is 49.6 Å². The molecule has 0 unspecified atom stereocenters. The van der Waals surface area contributed by atoms with E-state index in [9.17, 15) is 14.4 Å². The number of Topliss-reactive ketones (excluding diaryl/α,β-unsaturated/α-hetero) is 1. The summed E-state index contributed by atoms with van der Waals surface area (Å²) < 4.78 is 16.1. The second-order valence-corrected chi connectivity index (χ2v) is 7.71. The van der Waals surface area contributed by atoms with Crippen molar-refractivity contribution in [1.82, 2.24) is 10.2 Å². The first-order chi connectivity index (χ1) is 15.1. The van der Waals surface area contributed by atoms with Crippen molar-refractivity contribution in [1.29, 1.82) is 0 Å². The molecule has 2 amide bonds. The number of rotatable bonds is 7. The molecule has 0 bridgehead atoms. The van der Waals surface area contributed by atoms with Gasteiger partial charge in [-0.3, -0.25) is 14.4 Å². The SMILES string of the molecule is O=C(NCCCC(=O)N1CCC(C(=O)c2ccc3c(c2)OCCO3)CC1)c1ccco1. The maximum atomic E-state index is 12.9. The number of nitrogens with zero attached hydrogens (tertiary/aromatic N) is 1. The molecule has 1 saturated heterocycles. The normalized spacial score (nSPS) is 16.1. The monoisotopic (exact) mass is 426 g/mol. The van der Waals surface area contributed by atoms with Crippen molar-refractivity contribution in [2.24, 2.45) is 5.92 Å². The van der Waals surface area contributed by atoms with Gasteiger partial charge < -0.3 is 24.1 Å². The lowest BCUT2D eigenvalue weighted by atomic mass is 9.88. The predicted molar refractivity (Wildman–Crippen MR) is 111 cm³/mol. The fourth-order valence-corrected chi connectivity index (χ4v) is 3.92. The van der Waals surface area contributed by atoms with Crippen LogP contribution < -0.4 is 14.8 Å². The molecule has 0 aliphatic carbocycles. The van der Waals surface area contributed by atoms with Crippen LogP contribution in [0.2, 0.25) is 0 Å². The smallest absolute Gasteiger partial charge is 0.286 e. The number of hydrogen-bond acceptors (Lipinski definition) is 6. The molecule has 1 aromatic heterocycles. The van der Waals surface area contributed by atoms with Gasteiger partial charge in [-0.15, -0.1) is 0 Å². The van der Waals surface area contributed by atoms with Crippen molar-refractivity contribution in [3.8, 4) is 11.5 Å². The lowest BCUT2D eigenvalue weighted by Gasteiger charge is -2.31. The highest BCUT2D eigenvalue weighted by molar-refractivity contribution is 5.98. The minimum atomic E-state index is -0.282. The molecule has 1 aromatic carbocycles. The first kappa shape index (κ1) is 21.0. The third-order valence-electron chi connectivity index (χ3n) is 5.64. The van der Waals surface area contributed by atoms with Gasteiger partial charge in [0.25, 0.3) is 5.91 Å². The molecule has 1 fully saturated rings. The molecule has 8 heteroatoms. The van der Waals surface area contributed by atoms with Gasteiger partial charge >= 0.3 is 0 Å². The summed E-state index contributed by atoms with van der Waals surface area (Å²) in [5, 5.41) is 2.74. The van der Waals surface area contributed by atoms with Gasteiger partial charge in [0.15, 0.2) is 23.0 Å². The minimum Gasteiger partial charge on any atom is -0.486 e. The average Bonchev–Trinajstić information content (AvgIpc) is 3.36. The van der Waals surface area contributed by atoms with Crippen molar-refractivity contribution >= 4 is 17.6 Å². The Hall–Kier alpha value is -3.29. The summed E-state index contributed by atoms with van der Waals surface area (Å²) in [4.78, 5) is 39.0. The van der Waals surface area contributed by atoms with E-state index in [1.807, 2.05) is 4.90 Å². The topological polar surface area (TPSA) is 98.1 Å². The van der Waals surface area contributed by atoms with E-state index in [1.165, 1.54) is 6.26 Å². The van der Waals surface area contributed by atoms with Gasteiger partial charge in [-0.25, -0.2) is 0 Å². The van der Waals surface area contributed by atoms with E-state index in [0.29, 0.717) is 75.6 Å². The van der Waals surface area contributed by atoms with Crippen LogP contribution in [0.25, 0.3) is 0 Å². The lowest BCUT2D eigenvalue weighted by molar-refractivity contribution is -0.132. The number of nitrogens with one attached hydrogen (secondary N) is 1. The van der Waals surface area contributed by atoms with E-state index in [4.69, 9.17) is 13.9 Å². The number of likely N-dealkylation sites (tertiary alicyclic amines) is 1. The van der Waals surface area contributed by atoms with Gasteiger partial charge in [-0.1, -0.05) is 0 Å². The van der Waals surface area contributed by atoms with Crippen molar-refractivity contribution in [3.63, 3.8) is 0 Å². The van der Waals surface area contributed by atoms with Crippen LogP contribution in [-0.4, -0.2) is 55.3 Å². The summed E-state index contributed by atoms with van der Waals surface area (Å²) >= 11 is 0. The van der Waals surface area contributed by atoms with E-state index in [2.05, 4.69) is 5.32 Å². The Labute approximate surface area is 180 Å². The number of carbonyl (C=O) groups is 3. The Morgan fingerprint density at radius 3 is 2.55 bits per heavy atom. The van der Waals surface area contributed by atoms with E-state index < -0.39 is 0 Å². The molecule has 164 valence electrons. The third-order valence-corrected chi connectivity index (χ3v) is 5.64. The molecule has 0 atom stereocenters. The van der Waals surface area contributed by atoms with Crippen LogP contribution in [-0.2, 0) is 4.79 Å². The fourth-order valence-electron chi connectivity index (χ4n) is 3.92. The number of ether oxygens (including phenoxy) is 2. The van der Waals surface area contributed by atoms with Crippen molar-refractivity contribution in [3.05, 3.63) is 47.9 Å². The number of piperidine rings is 1. The number of hydrogen-bond donors (Lipinski definition) is 1. The Morgan fingerprint density at radius 2 is 1.81 bits per heavy atom. The molecule has 2 aliphatic heterocycles. The largest absolute Gasteiger partial charge is 0.486 e. The summed E-state index contributed by atoms with van der Waals surface area (Å²) in [6.45, 7) is 2.54. The second-order valence-electron chi connectivity index (χ2n) is 7.71. The molecule has 31 heavy (non-hydrogen) atoms. The molecule has 0 spiro atoms. The number of benzene rings is 1. The van der Waals surface area contributed by atoms with Crippen LogP contribution in [0.4, 0.5) is 0 Å². The van der Waals surface area contributed by atoms with Gasteiger partial charge in [0, 0.05) is 37.5 Å². The number of carbonyl (C=O) groups excluding carboxylic acids is 3. The van der Waals surface area contributed by atoms with E-state index in [1.54, 1.807) is 30.3 Å². The summed E-state index contributed by atoms with van der Waals surface area (Å²) in [6.07, 6.45) is 3.66. The number of fused-ring (bicyclic) bond motifs is 1. The van der Waals surface area contributed by atoms with Gasteiger partial charge in [0.1, 0.15) is 13.2 Å². The molecule has 1 N–H and O–H groups in total. The quantitative estimate of drug-likeness (QED) is 0.540. The number of amides is 2. The zero-order chi connectivity index (χ0) is 21.6. The van der Waals surface area contributed by atoms with Crippen LogP contribution >= 0.6 is 0 Å². The standard InChI is InChI=1S/C23H26N2O6/c26-21(4-1-9-24-23(28)19-3-2-12-29-19)25-10-7-16(8-11-25)22(27)17-5-6-18-20(15-17)31-14-13-30-18/h2-3,5-6,12,15-16H,1,4,7-11,13-14H2,(H,24,28). The third kappa shape index (κ3) is 5.07. The highest BCUT2D eigenvalue weighted by atomic mass is 16.6. The zero-order valence-corrected chi connectivity index (χ0v) is 17.3. The maximum Gasteiger partial charge on any atom is 0.286 e. The van der Waals surface area contributed by atoms with Crippen LogP contribution in [0.15, 0.2) is 41.0 Å². The summed E-state index contributed by atoms with van der Waals surface area (Å²) in [6, 6.07) is 8.57.